The lowest BCUT2D eigenvalue weighted by Gasteiger charge is -2.49. The molecule has 2 aliphatic rings. The van der Waals surface area contributed by atoms with Gasteiger partial charge in [-0.3, -0.25) is 9.78 Å². The summed E-state index contributed by atoms with van der Waals surface area (Å²) >= 11 is 1.62. The predicted molar refractivity (Wildman–Crippen MR) is 156 cm³/mol. The van der Waals surface area contributed by atoms with Crippen LogP contribution in [0.4, 0.5) is 0 Å². The van der Waals surface area contributed by atoms with E-state index in [1.165, 1.54) is 0 Å². The van der Waals surface area contributed by atoms with Crippen molar-refractivity contribution in [1.29, 1.82) is 0 Å². The van der Waals surface area contributed by atoms with Gasteiger partial charge in [0.2, 0.25) is 5.91 Å². The Morgan fingerprint density at radius 1 is 1.13 bits per heavy atom. The van der Waals surface area contributed by atoms with Gasteiger partial charge in [-0.15, -0.1) is 11.8 Å². The number of β-lactam (4-membered cyclic amide) rings is 1. The van der Waals surface area contributed by atoms with Gasteiger partial charge in [0.05, 0.1) is 25.2 Å². The fourth-order valence-corrected chi connectivity index (χ4v) is 9.78. The number of pyridine rings is 1. The van der Waals surface area contributed by atoms with Crippen LogP contribution in [0.3, 0.4) is 0 Å². The van der Waals surface area contributed by atoms with E-state index in [-0.39, 0.29) is 36.5 Å². The average molecular weight is 569 g/mol. The summed E-state index contributed by atoms with van der Waals surface area (Å²) in [6.45, 7) is 10.9. The summed E-state index contributed by atoms with van der Waals surface area (Å²) in [6.07, 6.45) is 3.37. The topological polar surface area (TPSA) is 78.0 Å². The third-order valence-corrected chi connectivity index (χ3v) is 14.2. The zero-order valence-corrected chi connectivity index (χ0v) is 25.6. The normalized spacial score (nSPS) is 21.4. The molecule has 2 aliphatic heterocycles. The molecule has 1 amide bonds. The molecule has 0 saturated carbocycles. The number of methoxy groups -OCH3 is 1. The lowest BCUT2D eigenvalue weighted by Crippen LogP contribution is -2.65. The van der Waals surface area contributed by atoms with Crippen molar-refractivity contribution in [2.24, 2.45) is 11.8 Å². The molecular formula is C30H40N2O5SSi. The van der Waals surface area contributed by atoms with Crippen molar-refractivity contribution in [2.75, 3.05) is 12.9 Å². The molecule has 210 valence electrons. The fourth-order valence-electron chi connectivity index (χ4n) is 5.81. The molecule has 1 aromatic carbocycles. The van der Waals surface area contributed by atoms with Crippen LogP contribution in [0, 0.1) is 11.8 Å². The van der Waals surface area contributed by atoms with Crippen molar-refractivity contribution >= 4 is 32.0 Å². The number of hydrogen-bond acceptors (Lipinski definition) is 7. The summed E-state index contributed by atoms with van der Waals surface area (Å²) in [7, 11) is -0.276. The second kappa shape index (κ2) is 12.7. The first-order chi connectivity index (χ1) is 18.8. The van der Waals surface area contributed by atoms with Crippen molar-refractivity contribution in [3.63, 3.8) is 0 Å². The first kappa shape index (κ1) is 29.4. The molecule has 9 heteroatoms. The molecule has 1 aromatic heterocycles. The molecule has 0 radical (unpaired) electrons. The SMILES string of the molecule is CC[Si](CC)(CC)OC(C)[C@H]1C(=O)N2C(C(=O)OCc3ccc(OC)cc3)=C(CSc3cccnc3)C(C)[C@H]12. The Bertz CT molecular complexity index is 1180. The number of thioether (sulfide) groups is 1. The molecule has 1 saturated heterocycles. The van der Waals surface area contributed by atoms with Gasteiger partial charge < -0.3 is 18.8 Å². The molecule has 0 spiro atoms. The van der Waals surface area contributed by atoms with Gasteiger partial charge in [0.15, 0.2) is 8.32 Å². The van der Waals surface area contributed by atoms with Crippen LogP contribution in [0.1, 0.15) is 40.2 Å². The summed E-state index contributed by atoms with van der Waals surface area (Å²) in [6, 6.07) is 14.3. The summed E-state index contributed by atoms with van der Waals surface area (Å²) < 4.78 is 17.7. The molecule has 4 atom stereocenters. The maximum Gasteiger partial charge on any atom is 0.355 e. The van der Waals surface area contributed by atoms with Crippen LogP contribution in [0.5, 0.6) is 5.75 Å². The minimum Gasteiger partial charge on any atom is -0.497 e. The maximum absolute atomic E-state index is 13.6. The third-order valence-electron chi connectivity index (χ3n) is 8.42. The van der Waals surface area contributed by atoms with Gasteiger partial charge in [-0.1, -0.05) is 39.8 Å². The van der Waals surface area contributed by atoms with Crippen molar-refractivity contribution in [3.05, 3.63) is 65.6 Å². The Morgan fingerprint density at radius 2 is 1.82 bits per heavy atom. The second-order valence-electron chi connectivity index (χ2n) is 10.4. The van der Waals surface area contributed by atoms with Crippen molar-refractivity contribution in [2.45, 2.75) is 76.4 Å². The number of ether oxygens (including phenoxy) is 2. The number of fused-ring (bicyclic) bond motifs is 1. The molecule has 0 bridgehead atoms. The first-order valence-corrected chi connectivity index (χ1v) is 17.4. The van der Waals surface area contributed by atoms with E-state index in [1.807, 2.05) is 49.5 Å². The number of nitrogens with zero attached hydrogens (tertiary/aromatic N) is 2. The average Bonchev–Trinajstić information content (AvgIpc) is 3.22. The Labute approximate surface area is 237 Å². The monoisotopic (exact) mass is 568 g/mol. The maximum atomic E-state index is 13.6. The van der Waals surface area contributed by atoms with Crippen LogP contribution >= 0.6 is 11.8 Å². The van der Waals surface area contributed by atoms with E-state index < -0.39 is 14.3 Å². The highest BCUT2D eigenvalue weighted by molar-refractivity contribution is 7.99. The van der Waals surface area contributed by atoms with Crippen molar-refractivity contribution in [3.8, 4) is 5.75 Å². The van der Waals surface area contributed by atoms with Gasteiger partial charge in [0, 0.05) is 29.0 Å². The molecule has 1 fully saturated rings. The van der Waals surface area contributed by atoms with E-state index in [1.54, 1.807) is 30.0 Å². The minimum atomic E-state index is -1.89. The highest BCUT2D eigenvalue weighted by Crippen LogP contribution is 2.49. The number of carbonyl (C=O) groups excluding carboxylic acids is 2. The standard InChI is InChI=1S/C30H40N2O5SSi/c1-7-39(8-2,9-3)37-21(5)26-27-20(4)25(19-38-24-11-10-16-31-17-24)28(32(27)29(26)33)30(34)36-18-22-12-14-23(35-6)15-13-22/h10-17,20-21,26-27H,7-9,18-19H2,1-6H3/t20?,21?,26-,27-/m1/s1. The molecule has 4 rings (SSSR count). The van der Waals surface area contributed by atoms with E-state index >= 15 is 0 Å². The van der Waals surface area contributed by atoms with Gasteiger partial charge >= 0.3 is 5.97 Å². The second-order valence-corrected chi connectivity index (χ2v) is 16.1. The molecule has 7 nitrogen and oxygen atoms in total. The Hall–Kier alpha value is -2.62. The number of esters is 1. The van der Waals surface area contributed by atoms with Gasteiger partial charge in [0.1, 0.15) is 18.1 Å². The Balaban J connectivity index is 1.56. The molecule has 0 aliphatic carbocycles. The molecular weight excluding hydrogens is 528 g/mol. The highest BCUT2D eigenvalue weighted by atomic mass is 32.2. The Morgan fingerprint density at radius 3 is 2.41 bits per heavy atom. The highest BCUT2D eigenvalue weighted by Gasteiger charge is 2.60. The molecule has 2 aromatic rings. The number of hydrogen-bond donors (Lipinski definition) is 0. The molecule has 2 unspecified atom stereocenters. The third kappa shape index (κ3) is 5.95. The number of aromatic nitrogens is 1. The van der Waals surface area contributed by atoms with Gasteiger partial charge in [-0.05, 0) is 60.5 Å². The summed E-state index contributed by atoms with van der Waals surface area (Å²) in [5.41, 5.74) is 2.20. The smallest absolute Gasteiger partial charge is 0.355 e. The lowest BCUT2D eigenvalue weighted by atomic mass is 9.78. The van der Waals surface area contributed by atoms with Crippen LogP contribution in [0.2, 0.25) is 18.1 Å². The fraction of sp³-hybridized carbons (Fsp3) is 0.500. The number of amides is 1. The van der Waals surface area contributed by atoms with E-state index in [9.17, 15) is 9.59 Å². The first-order valence-electron chi connectivity index (χ1n) is 13.9. The number of benzene rings is 1. The van der Waals surface area contributed by atoms with Crippen LogP contribution < -0.4 is 4.74 Å². The predicted octanol–water partition coefficient (Wildman–Crippen LogP) is 6.07. The summed E-state index contributed by atoms with van der Waals surface area (Å²) in [4.78, 5) is 34.1. The van der Waals surface area contributed by atoms with E-state index in [0.29, 0.717) is 11.4 Å². The van der Waals surface area contributed by atoms with Crippen molar-refractivity contribution < 1.29 is 23.5 Å². The van der Waals surface area contributed by atoms with Gasteiger partial charge in [0.25, 0.3) is 0 Å². The summed E-state index contributed by atoms with van der Waals surface area (Å²) in [5.74, 6) is 0.587. The quantitative estimate of drug-likeness (QED) is 0.126. The lowest BCUT2D eigenvalue weighted by molar-refractivity contribution is -0.163. The minimum absolute atomic E-state index is 0.0207. The van der Waals surface area contributed by atoms with E-state index in [2.05, 4.69) is 32.7 Å². The number of carbonyl (C=O) groups is 2. The van der Waals surface area contributed by atoms with E-state index in [4.69, 9.17) is 13.9 Å². The molecule has 39 heavy (non-hydrogen) atoms. The van der Waals surface area contributed by atoms with E-state index in [0.717, 1.165) is 39.9 Å². The van der Waals surface area contributed by atoms with Crippen LogP contribution in [-0.2, 0) is 25.4 Å². The number of rotatable bonds is 13. The zero-order chi connectivity index (χ0) is 28.2. The van der Waals surface area contributed by atoms with Gasteiger partial charge in [-0.2, -0.15) is 0 Å². The molecule has 0 N–H and O–H groups in total. The van der Waals surface area contributed by atoms with Crippen LogP contribution in [-0.4, -0.2) is 55.1 Å². The molecule has 3 heterocycles. The zero-order valence-electron chi connectivity index (χ0n) is 23.8. The summed E-state index contributed by atoms with van der Waals surface area (Å²) in [5, 5.41) is 0. The largest absolute Gasteiger partial charge is 0.497 e. The van der Waals surface area contributed by atoms with Crippen molar-refractivity contribution in [1.82, 2.24) is 9.88 Å². The van der Waals surface area contributed by atoms with Crippen LogP contribution in [0.15, 0.2) is 65.0 Å². The van der Waals surface area contributed by atoms with Crippen LogP contribution in [0.25, 0.3) is 0 Å². The Kier molecular flexibility index (Phi) is 9.56. The van der Waals surface area contributed by atoms with Gasteiger partial charge in [-0.25, -0.2) is 4.79 Å².